The summed E-state index contributed by atoms with van der Waals surface area (Å²) in [5.74, 6) is -2.28. The number of aliphatic hydroxyl groups is 1. The summed E-state index contributed by atoms with van der Waals surface area (Å²) in [7, 11) is 3.84. The van der Waals surface area contributed by atoms with Crippen molar-refractivity contribution < 1.29 is 19.1 Å². The normalized spacial score (nSPS) is 18.3. The van der Waals surface area contributed by atoms with Gasteiger partial charge in [0.05, 0.1) is 17.3 Å². The third kappa shape index (κ3) is 3.78. The van der Waals surface area contributed by atoms with E-state index in [9.17, 15) is 19.1 Å². The zero-order valence-electron chi connectivity index (χ0n) is 18.2. The van der Waals surface area contributed by atoms with Gasteiger partial charge in [-0.2, -0.15) is 0 Å². The number of carbonyl (C=O) groups is 2. The molecule has 166 valence electrons. The number of nitrogens with zero attached hydrogens (tertiary/aromatic N) is 4. The van der Waals surface area contributed by atoms with Crippen LogP contribution in [0, 0.1) is 12.7 Å². The highest BCUT2D eigenvalue weighted by Gasteiger charge is 2.46. The Kier molecular flexibility index (Phi) is 5.80. The number of halogens is 1. The van der Waals surface area contributed by atoms with E-state index in [0.29, 0.717) is 42.1 Å². The van der Waals surface area contributed by atoms with Crippen molar-refractivity contribution in [1.82, 2.24) is 19.2 Å². The standard InChI is InChI=1S/C24H25FN4O3/c1-15-20(28-12-5-4-10-18(28)26-15)22(30)19-21(16-8-6-9-17(25)14-16)29(24(32)23(19)31)13-7-11-27(2)3/h4-6,8-10,12,14,21,30H,7,11,13H2,1-3H3/t21-/m1/s1. The number of pyridine rings is 1. The molecule has 0 radical (unpaired) electrons. The number of likely N-dealkylation sites (tertiary alicyclic amines) is 1. The SMILES string of the molecule is Cc1nc2ccccn2c1C(O)=C1C(=O)C(=O)N(CCCN(C)C)[C@@H]1c1cccc(F)c1. The summed E-state index contributed by atoms with van der Waals surface area (Å²) in [5.41, 5.74) is 1.84. The molecule has 0 saturated carbocycles. The maximum Gasteiger partial charge on any atom is 0.295 e. The van der Waals surface area contributed by atoms with Crippen LogP contribution in [0.5, 0.6) is 0 Å². The second-order valence-electron chi connectivity index (χ2n) is 8.18. The van der Waals surface area contributed by atoms with Gasteiger partial charge in [-0.05, 0) is 63.8 Å². The number of ketones is 1. The molecule has 0 unspecified atom stereocenters. The molecule has 32 heavy (non-hydrogen) atoms. The van der Waals surface area contributed by atoms with Crippen LogP contribution >= 0.6 is 0 Å². The van der Waals surface area contributed by atoms with E-state index in [-0.39, 0.29) is 11.3 Å². The molecule has 8 heteroatoms. The first-order chi connectivity index (χ1) is 15.3. The van der Waals surface area contributed by atoms with Crippen LogP contribution < -0.4 is 0 Å². The molecule has 3 aromatic rings. The van der Waals surface area contributed by atoms with Gasteiger partial charge in [0.25, 0.3) is 11.7 Å². The molecule has 1 aromatic carbocycles. The van der Waals surface area contributed by atoms with Gasteiger partial charge < -0.3 is 14.9 Å². The molecule has 1 N–H and O–H groups in total. The molecular formula is C24H25FN4O3. The van der Waals surface area contributed by atoms with Crippen LogP contribution in [-0.2, 0) is 9.59 Å². The van der Waals surface area contributed by atoms with Crippen LogP contribution in [0.2, 0.25) is 0 Å². The van der Waals surface area contributed by atoms with Crippen molar-refractivity contribution in [2.75, 3.05) is 27.2 Å². The molecule has 1 aliphatic rings. The summed E-state index contributed by atoms with van der Waals surface area (Å²) >= 11 is 0. The average Bonchev–Trinajstić information content (AvgIpc) is 3.21. The van der Waals surface area contributed by atoms with E-state index in [1.54, 1.807) is 35.7 Å². The minimum absolute atomic E-state index is 0.0563. The molecule has 1 fully saturated rings. The number of benzene rings is 1. The van der Waals surface area contributed by atoms with Crippen LogP contribution in [0.25, 0.3) is 11.4 Å². The summed E-state index contributed by atoms with van der Waals surface area (Å²) in [6.07, 6.45) is 2.36. The summed E-state index contributed by atoms with van der Waals surface area (Å²) in [6, 6.07) is 10.3. The Morgan fingerprint density at radius 3 is 2.69 bits per heavy atom. The van der Waals surface area contributed by atoms with Gasteiger partial charge in [-0.3, -0.25) is 14.0 Å². The van der Waals surface area contributed by atoms with Crippen molar-refractivity contribution >= 4 is 23.1 Å². The molecule has 2 aromatic heterocycles. The van der Waals surface area contributed by atoms with E-state index in [4.69, 9.17) is 0 Å². The van der Waals surface area contributed by atoms with Gasteiger partial charge in [0, 0.05) is 12.7 Å². The number of imidazole rings is 1. The Bertz CT molecular complexity index is 1230. The van der Waals surface area contributed by atoms with Crippen LogP contribution in [0.1, 0.15) is 29.4 Å². The van der Waals surface area contributed by atoms with Crippen molar-refractivity contribution in [3.8, 4) is 0 Å². The van der Waals surface area contributed by atoms with Gasteiger partial charge in [0.1, 0.15) is 17.2 Å². The van der Waals surface area contributed by atoms with Gasteiger partial charge in [-0.1, -0.05) is 18.2 Å². The Labute approximate surface area is 185 Å². The molecular weight excluding hydrogens is 411 g/mol. The highest BCUT2D eigenvalue weighted by atomic mass is 19.1. The highest BCUT2D eigenvalue weighted by molar-refractivity contribution is 6.46. The van der Waals surface area contributed by atoms with E-state index in [1.807, 2.05) is 25.1 Å². The Balaban J connectivity index is 1.89. The summed E-state index contributed by atoms with van der Waals surface area (Å²) in [5, 5.41) is 11.3. The Hall–Kier alpha value is -3.52. The van der Waals surface area contributed by atoms with Gasteiger partial charge in [0.2, 0.25) is 0 Å². The molecule has 1 saturated heterocycles. The predicted molar refractivity (Wildman–Crippen MR) is 119 cm³/mol. The van der Waals surface area contributed by atoms with Crippen molar-refractivity contribution in [2.24, 2.45) is 0 Å². The van der Waals surface area contributed by atoms with Crippen LogP contribution in [0.15, 0.2) is 54.2 Å². The predicted octanol–water partition coefficient (Wildman–Crippen LogP) is 3.16. The molecule has 1 atom stereocenters. The first kappa shape index (κ1) is 21.7. The molecule has 0 spiro atoms. The van der Waals surface area contributed by atoms with E-state index in [2.05, 4.69) is 4.98 Å². The Morgan fingerprint density at radius 1 is 1.19 bits per heavy atom. The van der Waals surface area contributed by atoms with Crippen molar-refractivity contribution in [2.45, 2.75) is 19.4 Å². The van der Waals surface area contributed by atoms with Crippen LogP contribution in [-0.4, -0.2) is 63.2 Å². The second kappa shape index (κ2) is 8.55. The fourth-order valence-corrected chi connectivity index (χ4v) is 4.22. The van der Waals surface area contributed by atoms with Crippen LogP contribution in [0.4, 0.5) is 4.39 Å². The highest BCUT2D eigenvalue weighted by Crippen LogP contribution is 2.40. The number of amides is 1. The van der Waals surface area contributed by atoms with Crippen molar-refractivity contribution in [3.63, 3.8) is 0 Å². The summed E-state index contributed by atoms with van der Waals surface area (Å²) in [6.45, 7) is 2.74. The smallest absolute Gasteiger partial charge is 0.295 e. The minimum Gasteiger partial charge on any atom is -0.505 e. The lowest BCUT2D eigenvalue weighted by Crippen LogP contribution is -2.32. The fourth-order valence-electron chi connectivity index (χ4n) is 4.22. The minimum atomic E-state index is -0.887. The zero-order valence-corrected chi connectivity index (χ0v) is 18.2. The molecule has 4 rings (SSSR count). The number of aromatic nitrogens is 2. The first-order valence-electron chi connectivity index (χ1n) is 10.4. The number of fused-ring (bicyclic) bond motifs is 1. The lowest BCUT2D eigenvalue weighted by molar-refractivity contribution is -0.139. The van der Waals surface area contributed by atoms with E-state index in [0.717, 1.165) is 0 Å². The fraction of sp³-hybridized carbons (Fsp3) is 0.292. The van der Waals surface area contributed by atoms with Crippen LogP contribution in [0.3, 0.4) is 0 Å². The zero-order chi connectivity index (χ0) is 23.0. The number of rotatable bonds is 6. The third-order valence-corrected chi connectivity index (χ3v) is 5.64. The van der Waals surface area contributed by atoms with E-state index in [1.165, 1.54) is 23.1 Å². The number of aliphatic hydroxyl groups excluding tert-OH is 1. The van der Waals surface area contributed by atoms with Crippen molar-refractivity contribution in [1.29, 1.82) is 0 Å². The number of aryl methyl sites for hydroxylation is 1. The number of hydrogen-bond donors (Lipinski definition) is 1. The third-order valence-electron chi connectivity index (χ3n) is 5.64. The summed E-state index contributed by atoms with van der Waals surface area (Å²) in [4.78, 5) is 34.0. The lowest BCUT2D eigenvalue weighted by Gasteiger charge is -2.26. The number of carbonyl (C=O) groups excluding carboxylic acids is 2. The number of hydrogen-bond acceptors (Lipinski definition) is 5. The number of Topliss-reactive ketones (excluding diaryl/α,β-unsaturated/α-hetero) is 1. The topological polar surface area (TPSA) is 78.1 Å². The largest absolute Gasteiger partial charge is 0.505 e. The van der Waals surface area contributed by atoms with Gasteiger partial charge >= 0.3 is 0 Å². The maximum absolute atomic E-state index is 14.1. The quantitative estimate of drug-likeness (QED) is 0.365. The summed E-state index contributed by atoms with van der Waals surface area (Å²) < 4.78 is 15.8. The monoisotopic (exact) mass is 436 g/mol. The molecule has 0 bridgehead atoms. The first-order valence-corrected chi connectivity index (χ1v) is 10.4. The Morgan fingerprint density at radius 2 is 1.97 bits per heavy atom. The molecule has 0 aliphatic carbocycles. The molecule has 1 amide bonds. The van der Waals surface area contributed by atoms with E-state index >= 15 is 0 Å². The lowest BCUT2D eigenvalue weighted by atomic mass is 9.96. The van der Waals surface area contributed by atoms with Gasteiger partial charge in [0.15, 0.2) is 5.76 Å². The van der Waals surface area contributed by atoms with Gasteiger partial charge in [-0.25, -0.2) is 9.37 Å². The molecule has 1 aliphatic heterocycles. The average molecular weight is 436 g/mol. The van der Waals surface area contributed by atoms with Gasteiger partial charge in [-0.15, -0.1) is 0 Å². The molecule has 7 nitrogen and oxygen atoms in total. The van der Waals surface area contributed by atoms with Crippen molar-refractivity contribution in [3.05, 3.63) is 77.0 Å². The van der Waals surface area contributed by atoms with E-state index < -0.39 is 23.5 Å². The molecule has 3 heterocycles. The second-order valence-corrected chi connectivity index (χ2v) is 8.18. The maximum atomic E-state index is 14.1.